The van der Waals surface area contributed by atoms with Gasteiger partial charge in [0.15, 0.2) is 0 Å². The molecule has 0 radical (unpaired) electrons. The fourth-order valence-electron chi connectivity index (χ4n) is 6.70. The van der Waals surface area contributed by atoms with Crippen LogP contribution in [0.4, 0.5) is 0 Å². The summed E-state index contributed by atoms with van der Waals surface area (Å²) < 4.78 is 0. The van der Waals surface area contributed by atoms with Gasteiger partial charge < -0.3 is 14.9 Å². The Hall–Kier alpha value is -2.81. The van der Waals surface area contributed by atoms with Crippen LogP contribution in [0.3, 0.4) is 0 Å². The van der Waals surface area contributed by atoms with Gasteiger partial charge in [-0.2, -0.15) is 12.1 Å². The Labute approximate surface area is 287 Å². The standard InChI is InChI=1S/C40H42Si.2CH3.Hf/c1-7-20-41(6,35-23-33-16-10-18-37(39(33)25-35)31-14-8-12-29(21-31)27(2)3)36-24-34-17-11-19-38(40(34)26-36)32-15-9-13-30(22-32)28(4)5;;;/h8-19,21-28H,7,20H2,1-6H3;2*1H3;/q-2;2*-1;+4. The molecule has 6 aromatic rings. The Kier molecular flexibility index (Phi) is 11.8. The molecule has 224 valence electrons. The number of hydrogen-bond donors (Lipinski definition) is 0. The minimum Gasteiger partial charge on any atom is -0.358 e. The summed E-state index contributed by atoms with van der Waals surface area (Å²) in [5, 5.41) is 8.62. The van der Waals surface area contributed by atoms with E-state index in [0.717, 1.165) is 0 Å². The first-order chi connectivity index (χ1) is 19.8. The van der Waals surface area contributed by atoms with Crippen LogP contribution in [0.1, 0.15) is 64.0 Å². The maximum atomic E-state index is 2.59. The van der Waals surface area contributed by atoms with Crippen molar-refractivity contribution in [3.8, 4) is 22.3 Å². The summed E-state index contributed by atoms with van der Waals surface area (Å²) in [6, 6.07) is 43.3. The van der Waals surface area contributed by atoms with E-state index in [1.807, 2.05) is 0 Å². The molecule has 0 aromatic heterocycles. The average molecular weight is 759 g/mol. The minimum absolute atomic E-state index is 0. The second kappa shape index (κ2) is 14.5. The van der Waals surface area contributed by atoms with Crippen molar-refractivity contribution >= 4 is 40.0 Å². The Bertz CT molecular complexity index is 1700. The van der Waals surface area contributed by atoms with Gasteiger partial charge in [-0.25, -0.2) is 0 Å². The molecule has 0 aliphatic rings. The fraction of sp³-hybridized carbons (Fsp3) is 0.238. The van der Waals surface area contributed by atoms with Crippen molar-refractivity contribution in [2.45, 2.75) is 65.5 Å². The SMILES string of the molecule is CCC[Si](C)(c1cc2c(-c3cccc(C(C)C)c3)cccc2[cH-]1)c1cc2c(-c3cccc(C(C)C)c3)cccc2[cH-]1.[CH3-].[CH3-].[Hf+4]. The molecule has 6 rings (SSSR count). The van der Waals surface area contributed by atoms with Crippen LogP contribution >= 0.6 is 0 Å². The van der Waals surface area contributed by atoms with Gasteiger partial charge in [-0.1, -0.05) is 125 Å². The summed E-state index contributed by atoms with van der Waals surface area (Å²) in [6.45, 7) is 14.0. The summed E-state index contributed by atoms with van der Waals surface area (Å²) in [6.07, 6.45) is 1.19. The van der Waals surface area contributed by atoms with Gasteiger partial charge >= 0.3 is 25.8 Å². The predicted octanol–water partition coefficient (Wildman–Crippen LogP) is 11.5. The van der Waals surface area contributed by atoms with Gasteiger partial charge in [0.05, 0.1) is 8.07 Å². The number of hydrogen-bond acceptors (Lipinski definition) is 0. The Balaban J connectivity index is 0.00000176. The van der Waals surface area contributed by atoms with Crippen molar-refractivity contribution in [3.05, 3.63) is 135 Å². The van der Waals surface area contributed by atoms with Crippen molar-refractivity contribution in [1.29, 1.82) is 0 Å². The molecule has 0 aliphatic heterocycles. The van der Waals surface area contributed by atoms with E-state index in [1.165, 1.54) is 67.4 Å². The Morgan fingerprint density at radius 2 is 1.00 bits per heavy atom. The number of benzene rings is 4. The smallest absolute Gasteiger partial charge is 0.358 e. The molecule has 0 heterocycles. The zero-order valence-corrected chi connectivity index (χ0v) is 32.6. The van der Waals surface area contributed by atoms with Crippen LogP contribution in [-0.4, -0.2) is 8.07 Å². The predicted molar refractivity (Wildman–Crippen MR) is 197 cm³/mol. The minimum atomic E-state index is -1.97. The Morgan fingerprint density at radius 1 is 0.591 bits per heavy atom. The van der Waals surface area contributed by atoms with Crippen molar-refractivity contribution < 1.29 is 25.8 Å². The maximum absolute atomic E-state index is 2.59. The summed E-state index contributed by atoms with van der Waals surface area (Å²) in [4.78, 5) is 0. The normalized spacial score (nSPS) is 11.5. The topological polar surface area (TPSA) is 0 Å². The number of rotatable bonds is 8. The van der Waals surface area contributed by atoms with Crippen molar-refractivity contribution in [3.63, 3.8) is 0 Å². The third-order valence-corrected chi connectivity index (χ3v) is 13.9. The molecule has 2 heteroatoms. The third-order valence-electron chi connectivity index (χ3n) is 9.25. The molecular formula is C42H48HfSi. The van der Waals surface area contributed by atoms with E-state index in [2.05, 4.69) is 150 Å². The first kappa shape index (κ1) is 35.7. The maximum Gasteiger partial charge on any atom is 4.00 e. The summed E-state index contributed by atoms with van der Waals surface area (Å²) in [5.74, 6) is 1.04. The molecule has 0 saturated heterocycles. The fourth-order valence-corrected chi connectivity index (χ4v) is 10.5. The van der Waals surface area contributed by atoms with Gasteiger partial charge in [0, 0.05) is 0 Å². The van der Waals surface area contributed by atoms with Crippen LogP contribution in [-0.2, 0) is 25.8 Å². The van der Waals surface area contributed by atoms with E-state index in [-0.39, 0.29) is 40.7 Å². The van der Waals surface area contributed by atoms with E-state index >= 15 is 0 Å². The molecular weight excluding hydrogens is 711 g/mol. The molecule has 0 spiro atoms. The van der Waals surface area contributed by atoms with E-state index in [0.29, 0.717) is 11.8 Å². The molecule has 0 atom stereocenters. The van der Waals surface area contributed by atoms with E-state index in [1.54, 1.807) is 10.4 Å². The molecule has 6 aromatic carbocycles. The second-order valence-corrected chi connectivity index (χ2v) is 17.1. The molecule has 44 heavy (non-hydrogen) atoms. The monoisotopic (exact) mass is 760 g/mol. The largest absolute Gasteiger partial charge is 4.00 e. The zero-order chi connectivity index (χ0) is 28.7. The molecule has 0 unspecified atom stereocenters. The molecule has 0 nitrogen and oxygen atoms in total. The van der Waals surface area contributed by atoms with Crippen LogP contribution in [0.15, 0.2) is 109 Å². The van der Waals surface area contributed by atoms with Crippen LogP contribution in [0, 0.1) is 14.9 Å². The molecule has 0 amide bonds. The first-order valence-electron chi connectivity index (χ1n) is 15.4. The van der Waals surface area contributed by atoms with Crippen molar-refractivity contribution in [1.82, 2.24) is 0 Å². The van der Waals surface area contributed by atoms with Gasteiger partial charge in [0.25, 0.3) is 0 Å². The first-order valence-corrected chi connectivity index (χ1v) is 18.1. The summed E-state index contributed by atoms with van der Waals surface area (Å²) in [7, 11) is -1.97. The van der Waals surface area contributed by atoms with Gasteiger partial charge in [0.1, 0.15) is 0 Å². The van der Waals surface area contributed by atoms with Gasteiger partial charge in [-0.3, -0.25) is 0 Å². The average Bonchev–Trinajstić information content (AvgIpc) is 3.63. The van der Waals surface area contributed by atoms with Gasteiger partial charge in [-0.15, -0.1) is 68.3 Å². The third kappa shape index (κ3) is 6.58. The van der Waals surface area contributed by atoms with E-state index in [4.69, 9.17) is 0 Å². The van der Waals surface area contributed by atoms with E-state index < -0.39 is 8.07 Å². The van der Waals surface area contributed by atoms with Crippen molar-refractivity contribution in [2.24, 2.45) is 0 Å². The molecule has 0 bridgehead atoms. The molecule has 0 saturated carbocycles. The molecule has 0 aliphatic carbocycles. The van der Waals surface area contributed by atoms with Crippen LogP contribution in [0.2, 0.25) is 12.6 Å². The second-order valence-electron chi connectivity index (χ2n) is 12.7. The van der Waals surface area contributed by atoms with Crippen LogP contribution in [0.5, 0.6) is 0 Å². The van der Waals surface area contributed by atoms with Crippen molar-refractivity contribution in [2.75, 3.05) is 0 Å². The molecule has 0 N–H and O–H groups in total. The van der Waals surface area contributed by atoms with Gasteiger partial charge in [0.2, 0.25) is 0 Å². The Morgan fingerprint density at radius 3 is 1.39 bits per heavy atom. The van der Waals surface area contributed by atoms with E-state index in [9.17, 15) is 0 Å². The quantitative estimate of drug-likeness (QED) is 0.107. The van der Waals surface area contributed by atoms with Gasteiger partial charge in [-0.05, 0) is 34.1 Å². The van der Waals surface area contributed by atoms with Crippen LogP contribution in [0.25, 0.3) is 43.8 Å². The molecule has 0 fully saturated rings. The summed E-state index contributed by atoms with van der Waals surface area (Å²) in [5.41, 5.74) is 8.15. The zero-order valence-electron chi connectivity index (χ0n) is 28.0. The van der Waals surface area contributed by atoms with Crippen LogP contribution < -0.4 is 10.4 Å². The number of fused-ring (bicyclic) bond motifs is 2. The summed E-state index contributed by atoms with van der Waals surface area (Å²) >= 11 is 0.